The molecule has 0 amide bonds. The molecule has 0 fully saturated rings. The first kappa shape index (κ1) is 13.6. The van der Waals surface area contributed by atoms with E-state index in [4.69, 9.17) is 35.4 Å². The van der Waals surface area contributed by atoms with Crippen molar-refractivity contribution in [1.82, 2.24) is 0 Å². The van der Waals surface area contributed by atoms with E-state index in [1.54, 1.807) is 0 Å². The molecule has 0 aromatic heterocycles. The molecular weight excluding hydrogens is 311 g/mol. The van der Waals surface area contributed by atoms with E-state index < -0.39 is 0 Å². The summed E-state index contributed by atoms with van der Waals surface area (Å²) in [6.45, 7) is 0.458. The van der Waals surface area contributed by atoms with Gasteiger partial charge in [0.05, 0.1) is 12.3 Å². The zero-order valence-corrected chi connectivity index (χ0v) is 12.7. The van der Waals surface area contributed by atoms with Gasteiger partial charge in [-0.15, -0.1) is 0 Å². The first-order valence-corrected chi connectivity index (χ1v) is 7.20. The molecule has 3 rings (SSSR count). The fourth-order valence-corrected chi connectivity index (χ4v) is 2.57. The standard InChI is InChI=1S/C15H10Cl2N2S/c16-10-3-1-9(2-4-10)15-12-7-11(17)5-6-13(12)19-14(20)8-18-15/h1-7H,8H2,(H,19,20). The molecule has 0 saturated heterocycles. The van der Waals surface area contributed by atoms with Crippen molar-refractivity contribution >= 4 is 51.8 Å². The number of fused-ring (bicyclic) bond motifs is 1. The molecule has 20 heavy (non-hydrogen) atoms. The molecule has 1 heterocycles. The van der Waals surface area contributed by atoms with Gasteiger partial charge in [-0.1, -0.05) is 47.6 Å². The van der Waals surface area contributed by atoms with E-state index in [-0.39, 0.29) is 0 Å². The number of halogens is 2. The highest BCUT2D eigenvalue weighted by atomic mass is 35.5. The molecule has 2 nitrogen and oxygen atoms in total. The number of aliphatic imine (C=N–C) groups is 1. The second-order valence-electron chi connectivity index (χ2n) is 4.41. The van der Waals surface area contributed by atoms with Crippen molar-refractivity contribution < 1.29 is 0 Å². The topological polar surface area (TPSA) is 24.4 Å². The molecule has 100 valence electrons. The summed E-state index contributed by atoms with van der Waals surface area (Å²) in [5.41, 5.74) is 3.72. The summed E-state index contributed by atoms with van der Waals surface area (Å²) >= 11 is 17.3. The van der Waals surface area contributed by atoms with E-state index in [0.717, 1.165) is 22.5 Å². The van der Waals surface area contributed by atoms with Crippen molar-refractivity contribution in [2.75, 3.05) is 11.9 Å². The maximum Gasteiger partial charge on any atom is 0.102 e. The van der Waals surface area contributed by atoms with Gasteiger partial charge in [0.15, 0.2) is 0 Å². The minimum atomic E-state index is 0.458. The molecule has 1 aliphatic rings. The zero-order chi connectivity index (χ0) is 14.1. The second-order valence-corrected chi connectivity index (χ2v) is 5.78. The summed E-state index contributed by atoms with van der Waals surface area (Å²) in [5, 5.41) is 4.56. The summed E-state index contributed by atoms with van der Waals surface area (Å²) in [6, 6.07) is 13.2. The van der Waals surface area contributed by atoms with Crippen LogP contribution in [-0.2, 0) is 0 Å². The highest BCUT2D eigenvalue weighted by Gasteiger charge is 2.16. The van der Waals surface area contributed by atoms with E-state index in [1.165, 1.54) is 0 Å². The highest BCUT2D eigenvalue weighted by molar-refractivity contribution is 7.80. The summed E-state index contributed by atoms with van der Waals surface area (Å²) in [6.07, 6.45) is 0. The van der Waals surface area contributed by atoms with Crippen LogP contribution in [0.15, 0.2) is 47.5 Å². The number of nitrogens with one attached hydrogen (secondary N) is 1. The van der Waals surface area contributed by atoms with Gasteiger partial charge in [-0.25, -0.2) is 0 Å². The normalized spacial score (nSPS) is 14.1. The van der Waals surface area contributed by atoms with E-state index in [1.807, 2.05) is 42.5 Å². The van der Waals surface area contributed by atoms with Crippen molar-refractivity contribution in [1.29, 1.82) is 0 Å². The third-order valence-electron chi connectivity index (χ3n) is 3.01. The minimum Gasteiger partial charge on any atom is -0.348 e. The molecule has 0 radical (unpaired) electrons. The fraction of sp³-hybridized carbons (Fsp3) is 0.0667. The third-order valence-corrected chi connectivity index (χ3v) is 3.73. The number of thiocarbonyl (C=S) groups is 1. The number of benzodiazepines with no additional fused rings is 1. The Morgan fingerprint density at radius 1 is 1.00 bits per heavy atom. The van der Waals surface area contributed by atoms with E-state index >= 15 is 0 Å². The van der Waals surface area contributed by atoms with Gasteiger partial charge in [-0.2, -0.15) is 0 Å². The molecule has 1 N–H and O–H groups in total. The monoisotopic (exact) mass is 320 g/mol. The van der Waals surface area contributed by atoms with Gasteiger partial charge in [0.1, 0.15) is 4.99 Å². The zero-order valence-electron chi connectivity index (χ0n) is 10.4. The molecule has 1 aliphatic heterocycles. The average molecular weight is 321 g/mol. The molecule has 2 aromatic carbocycles. The smallest absolute Gasteiger partial charge is 0.102 e. The molecule has 0 saturated carbocycles. The Morgan fingerprint density at radius 2 is 1.70 bits per heavy atom. The Labute approximate surface area is 132 Å². The van der Waals surface area contributed by atoms with Crippen molar-refractivity contribution in [3.05, 3.63) is 63.6 Å². The number of hydrogen-bond donors (Lipinski definition) is 1. The summed E-state index contributed by atoms with van der Waals surface area (Å²) < 4.78 is 0. The number of hydrogen-bond acceptors (Lipinski definition) is 2. The Morgan fingerprint density at radius 3 is 2.45 bits per heavy atom. The van der Waals surface area contributed by atoms with E-state index in [9.17, 15) is 0 Å². The van der Waals surface area contributed by atoms with Gasteiger partial charge >= 0.3 is 0 Å². The van der Waals surface area contributed by atoms with Crippen LogP contribution in [0.25, 0.3) is 0 Å². The van der Waals surface area contributed by atoms with Crippen molar-refractivity contribution in [3.63, 3.8) is 0 Å². The van der Waals surface area contributed by atoms with Crippen LogP contribution in [0.5, 0.6) is 0 Å². The maximum atomic E-state index is 6.11. The molecule has 0 aliphatic carbocycles. The lowest BCUT2D eigenvalue weighted by Crippen LogP contribution is -2.10. The molecule has 2 aromatic rings. The first-order chi connectivity index (χ1) is 9.63. The van der Waals surface area contributed by atoms with Gasteiger partial charge in [-0.3, -0.25) is 4.99 Å². The van der Waals surface area contributed by atoms with Crippen LogP contribution in [0.3, 0.4) is 0 Å². The van der Waals surface area contributed by atoms with Crippen LogP contribution in [0.4, 0.5) is 5.69 Å². The van der Waals surface area contributed by atoms with E-state index in [0.29, 0.717) is 21.6 Å². The first-order valence-electron chi connectivity index (χ1n) is 6.03. The summed E-state index contributed by atoms with van der Waals surface area (Å²) in [7, 11) is 0. The SMILES string of the molecule is S=C1CN=C(c2ccc(Cl)cc2)c2cc(Cl)ccc2N1. The molecule has 0 atom stereocenters. The average Bonchev–Trinajstić information content (AvgIpc) is 2.58. The Bertz CT molecular complexity index is 708. The van der Waals surface area contributed by atoms with Crippen molar-refractivity contribution in [3.8, 4) is 0 Å². The van der Waals surface area contributed by atoms with Crippen molar-refractivity contribution in [2.24, 2.45) is 4.99 Å². The summed E-state index contributed by atoms with van der Waals surface area (Å²) in [5.74, 6) is 0. The van der Waals surface area contributed by atoms with E-state index in [2.05, 4.69) is 10.3 Å². The predicted octanol–water partition coefficient (Wildman–Crippen LogP) is 4.58. The second kappa shape index (κ2) is 5.52. The quantitative estimate of drug-likeness (QED) is 0.777. The molecule has 0 unspecified atom stereocenters. The summed E-state index contributed by atoms with van der Waals surface area (Å²) in [4.78, 5) is 5.29. The van der Waals surface area contributed by atoms with Crippen LogP contribution in [-0.4, -0.2) is 17.2 Å². The Balaban J connectivity index is 2.17. The van der Waals surface area contributed by atoms with Crippen LogP contribution in [0.1, 0.15) is 11.1 Å². The van der Waals surface area contributed by atoms with Gasteiger partial charge in [0.2, 0.25) is 0 Å². The minimum absolute atomic E-state index is 0.458. The number of rotatable bonds is 1. The highest BCUT2D eigenvalue weighted by Crippen LogP contribution is 2.26. The lowest BCUT2D eigenvalue weighted by atomic mass is 10.0. The molecular formula is C15H10Cl2N2S. The van der Waals surface area contributed by atoms with Crippen LogP contribution in [0.2, 0.25) is 10.0 Å². The van der Waals surface area contributed by atoms with Gasteiger partial charge < -0.3 is 5.32 Å². The predicted molar refractivity (Wildman–Crippen MR) is 89.6 cm³/mol. The van der Waals surface area contributed by atoms with Crippen LogP contribution >= 0.6 is 35.4 Å². The molecule has 0 bridgehead atoms. The Kier molecular flexibility index (Phi) is 3.74. The lowest BCUT2D eigenvalue weighted by molar-refractivity contribution is 1.31. The lowest BCUT2D eigenvalue weighted by Gasteiger charge is -2.11. The largest absolute Gasteiger partial charge is 0.348 e. The molecule has 5 heteroatoms. The van der Waals surface area contributed by atoms with Gasteiger partial charge in [0, 0.05) is 26.9 Å². The number of anilines is 1. The number of nitrogens with zero attached hydrogens (tertiary/aromatic N) is 1. The molecule has 0 spiro atoms. The van der Waals surface area contributed by atoms with Crippen LogP contribution in [0, 0.1) is 0 Å². The fourth-order valence-electron chi connectivity index (χ4n) is 2.10. The number of benzene rings is 2. The third kappa shape index (κ3) is 2.70. The maximum absolute atomic E-state index is 6.11. The van der Waals surface area contributed by atoms with Gasteiger partial charge in [-0.05, 0) is 30.3 Å². The van der Waals surface area contributed by atoms with Crippen molar-refractivity contribution in [2.45, 2.75) is 0 Å². The van der Waals surface area contributed by atoms with Gasteiger partial charge in [0.25, 0.3) is 0 Å². The van der Waals surface area contributed by atoms with Crippen LogP contribution < -0.4 is 5.32 Å². The Hall–Kier alpha value is -1.42.